The number of benzene rings is 2. The smallest absolute Gasteiger partial charge is 0.259 e. The summed E-state index contributed by atoms with van der Waals surface area (Å²) in [6.45, 7) is 0.948. The van der Waals surface area contributed by atoms with Crippen LogP contribution in [0, 0.1) is 0 Å². The summed E-state index contributed by atoms with van der Waals surface area (Å²) in [5, 5.41) is 3.59. The fourth-order valence-electron chi connectivity index (χ4n) is 3.25. The molecule has 2 amide bonds. The molecule has 0 aliphatic carbocycles. The summed E-state index contributed by atoms with van der Waals surface area (Å²) >= 11 is 12.3. The van der Waals surface area contributed by atoms with Gasteiger partial charge in [0.25, 0.3) is 11.8 Å². The number of methoxy groups -OCH3 is 1. The number of hydrogen-bond donors (Lipinski definition) is 1. The molecule has 1 N–H and O–H groups in total. The van der Waals surface area contributed by atoms with Crippen LogP contribution in [0.5, 0.6) is 11.5 Å². The molecule has 8 heteroatoms. The summed E-state index contributed by atoms with van der Waals surface area (Å²) in [4.78, 5) is 26.8. The Kier molecular flexibility index (Phi) is 7.23. The zero-order valence-electron chi connectivity index (χ0n) is 16.0. The molecule has 1 saturated heterocycles. The number of para-hydroxylation sites is 1. The van der Waals surface area contributed by atoms with E-state index in [-0.39, 0.29) is 35.8 Å². The SMILES string of the molecule is COc1c(Cl)ccc(Cl)c1C(=O)N1CCC(NC(=O)COc2ccccc2)CC1. The second-order valence-corrected chi connectivity index (χ2v) is 7.49. The van der Waals surface area contributed by atoms with Crippen molar-refractivity contribution in [3.63, 3.8) is 0 Å². The monoisotopic (exact) mass is 436 g/mol. The molecule has 0 aromatic heterocycles. The van der Waals surface area contributed by atoms with E-state index in [1.54, 1.807) is 29.2 Å². The topological polar surface area (TPSA) is 67.9 Å². The first-order chi connectivity index (χ1) is 14.0. The summed E-state index contributed by atoms with van der Waals surface area (Å²) in [5.41, 5.74) is 0.264. The molecule has 0 bridgehead atoms. The van der Waals surface area contributed by atoms with Crippen LogP contribution in [0.3, 0.4) is 0 Å². The van der Waals surface area contributed by atoms with Crippen LogP contribution in [0.25, 0.3) is 0 Å². The van der Waals surface area contributed by atoms with Crippen LogP contribution in [0.1, 0.15) is 23.2 Å². The first kappa shape index (κ1) is 21.3. The van der Waals surface area contributed by atoms with Gasteiger partial charge < -0.3 is 19.7 Å². The number of nitrogens with one attached hydrogen (secondary N) is 1. The molecule has 1 fully saturated rings. The molecule has 2 aromatic rings. The van der Waals surface area contributed by atoms with E-state index in [0.29, 0.717) is 41.7 Å². The first-order valence-corrected chi connectivity index (χ1v) is 10.0. The Morgan fingerprint density at radius 1 is 1.07 bits per heavy atom. The number of halogens is 2. The standard InChI is InChI=1S/C21H22Cl2N2O4/c1-28-20-17(23)8-7-16(22)19(20)21(27)25-11-9-14(10-12-25)24-18(26)13-29-15-5-3-2-4-6-15/h2-8,14H,9-13H2,1H3,(H,24,26). The maximum absolute atomic E-state index is 12.9. The average Bonchev–Trinajstić information content (AvgIpc) is 2.74. The molecule has 1 aliphatic rings. The van der Waals surface area contributed by atoms with Gasteiger partial charge in [-0.05, 0) is 37.1 Å². The van der Waals surface area contributed by atoms with E-state index in [9.17, 15) is 9.59 Å². The third kappa shape index (κ3) is 5.34. The molecule has 1 heterocycles. The summed E-state index contributed by atoms with van der Waals surface area (Å²) in [7, 11) is 1.45. The molecular formula is C21H22Cl2N2O4. The van der Waals surface area contributed by atoms with Crippen LogP contribution < -0.4 is 14.8 Å². The van der Waals surface area contributed by atoms with Gasteiger partial charge in [-0.1, -0.05) is 41.4 Å². The third-order valence-electron chi connectivity index (χ3n) is 4.74. The Balaban J connectivity index is 1.52. The highest BCUT2D eigenvalue weighted by Crippen LogP contribution is 2.35. The maximum atomic E-state index is 12.9. The van der Waals surface area contributed by atoms with Crippen molar-refractivity contribution in [3.05, 3.63) is 58.1 Å². The van der Waals surface area contributed by atoms with Crippen LogP contribution in [0.4, 0.5) is 0 Å². The Bertz CT molecular complexity index is 868. The second-order valence-electron chi connectivity index (χ2n) is 6.67. The highest BCUT2D eigenvalue weighted by atomic mass is 35.5. The molecule has 0 unspecified atom stereocenters. The number of rotatable bonds is 6. The van der Waals surface area contributed by atoms with Gasteiger partial charge in [0.1, 0.15) is 11.3 Å². The minimum absolute atomic E-state index is 0.0114. The molecule has 29 heavy (non-hydrogen) atoms. The predicted octanol–water partition coefficient (Wildman–Crippen LogP) is 3.80. The van der Waals surface area contributed by atoms with E-state index < -0.39 is 0 Å². The molecule has 3 rings (SSSR count). The quantitative estimate of drug-likeness (QED) is 0.747. The normalized spacial score (nSPS) is 14.4. The number of hydrogen-bond acceptors (Lipinski definition) is 4. The Labute approximate surface area is 179 Å². The van der Waals surface area contributed by atoms with Crippen molar-refractivity contribution in [2.24, 2.45) is 0 Å². The summed E-state index contributed by atoms with van der Waals surface area (Å²) in [6.07, 6.45) is 1.28. The van der Waals surface area contributed by atoms with Crippen molar-refractivity contribution in [2.75, 3.05) is 26.8 Å². The van der Waals surface area contributed by atoms with Gasteiger partial charge >= 0.3 is 0 Å². The van der Waals surface area contributed by atoms with Gasteiger partial charge in [-0.3, -0.25) is 9.59 Å². The number of likely N-dealkylation sites (tertiary alicyclic amines) is 1. The van der Waals surface area contributed by atoms with Crippen molar-refractivity contribution in [3.8, 4) is 11.5 Å². The molecule has 0 saturated carbocycles. The third-order valence-corrected chi connectivity index (χ3v) is 5.35. The van der Waals surface area contributed by atoms with Crippen molar-refractivity contribution in [1.82, 2.24) is 10.2 Å². The number of carbonyl (C=O) groups is 2. The molecule has 6 nitrogen and oxygen atoms in total. The van der Waals surface area contributed by atoms with Crippen LogP contribution in [0.2, 0.25) is 10.0 Å². The van der Waals surface area contributed by atoms with Gasteiger partial charge in [-0.25, -0.2) is 0 Å². The number of piperidine rings is 1. The maximum Gasteiger partial charge on any atom is 0.259 e. The zero-order chi connectivity index (χ0) is 20.8. The lowest BCUT2D eigenvalue weighted by molar-refractivity contribution is -0.124. The fraction of sp³-hybridized carbons (Fsp3) is 0.333. The largest absolute Gasteiger partial charge is 0.494 e. The van der Waals surface area contributed by atoms with E-state index in [4.69, 9.17) is 32.7 Å². The van der Waals surface area contributed by atoms with Gasteiger partial charge in [0, 0.05) is 19.1 Å². The highest BCUT2D eigenvalue weighted by Gasteiger charge is 2.28. The summed E-state index contributed by atoms with van der Waals surface area (Å²) in [5.74, 6) is 0.512. The lowest BCUT2D eigenvalue weighted by atomic mass is 10.0. The summed E-state index contributed by atoms with van der Waals surface area (Å²) in [6, 6.07) is 12.3. The molecule has 0 spiro atoms. The molecule has 2 aromatic carbocycles. The van der Waals surface area contributed by atoms with Crippen LogP contribution in [-0.4, -0.2) is 49.6 Å². The highest BCUT2D eigenvalue weighted by molar-refractivity contribution is 6.37. The van der Waals surface area contributed by atoms with E-state index in [0.717, 1.165) is 0 Å². The zero-order valence-corrected chi connectivity index (χ0v) is 17.5. The first-order valence-electron chi connectivity index (χ1n) is 9.28. The predicted molar refractivity (Wildman–Crippen MR) is 112 cm³/mol. The number of nitrogens with zero attached hydrogens (tertiary/aromatic N) is 1. The van der Waals surface area contributed by atoms with E-state index >= 15 is 0 Å². The van der Waals surface area contributed by atoms with E-state index in [2.05, 4.69) is 5.32 Å². The van der Waals surface area contributed by atoms with Gasteiger partial charge in [-0.15, -0.1) is 0 Å². The van der Waals surface area contributed by atoms with Crippen LogP contribution in [0.15, 0.2) is 42.5 Å². The number of carbonyl (C=O) groups excluding carboxylic acids is 2. The minimum atomic E-state index is -0.230. The Morgan fingerprint density at radius 3 is 2.38 bits per heavy atom. The van der Waals surface area contributed by atoms with E-state index in [1.807, 2.05) is 18.2 Å². The average molecular weight is 437 g/mol. The molecule has 0 radical (unpaired) electrons. The lowest BCUT2D eigenvalue weighted by Gasteiger charge is -2.33. The van der Waals surface area contributed by atoms with Crippen LogP contribution >= 0.6 is 23.2 Å². The second kappa shape index (κ2) is 9.85. The molecule has 0 atom stereocenters. The van der Waals surface area contributed by atoms with Crippen molar-refractivity contribution < 1.29 is 19.1 Å². The summed E-state index contributed by atoms with van der Waals surface area (Å²) < 4.78 is 10.7. The lowest BCUT2D eigenvalue weighted by Crippen LogP contribution is -2.47. The molecule has 154 valence electrons. The van der Waals surface area contributed by atoms with Crippen molar-refractivity contribution >= 4 is 35.0 Å². The Hall–Kier alpha value is -2.44. The molecular weight excluding hydrogens is 415 g/mol. The number of amides is 2. The fourth-order valence-corrected chi connectivity index (χ4v) is 3.72. The number of ether oxygens (including phenoxy) is 2. The molecule has 1 aliphatic heterocycles. The van der Waals surface area contributed by atoms with Gasteiger partial charge in [0.2, 0.25) is 0 Å². The van der Waals surface area contributed by atoms with Gasteiger partial charge in [-0.2, -0.15) is 0 Å². The van der Waals surface area contributed by atoms with Crippen molar-refractivity contribution in [2.45, 2.75) is 18.9 Å². The van der Waals surface area contributed by atoms with E-state index in [1.165, 1.54) is 7.11 Å². The van der Waals surface area contributed by atoms with Crippen LogP contribution in [-0.2, 0) is 4.79 Å². The van der Waals surface area contributed by atoms with Gasteiger partial charge in [0.05, 0.1) is 17.2 Å². The van der Waals surface area contributed by atoms with Gasteiger partial charge in [0.15, 0.2) is 12.4 Å². The Morgan fingerprint density at radius 2 is 1.72 bits per heavy atom. The van der Waals surface area contributed by atoms with Crippen molar-refractivity contribution in [1.29, 1.82) is 0 Å². The minimum Gasteiger partial charge on any atom is -0.494 e.